The van der Waals surface area contributed by atoms with Crippen LogP contribution in [-0.4, -0.2) is 61.6 Å². The molecule has 57 heavy (non-hydrogen) atoms. The molecule has 0 heterocycles. The van der Waals surface area contributed by atoms with Gasteiger partial charge in [0, 0.05) is 17.2 Å². The van der Waals surface area contributed by atoms with E-state index >= 15 is 0 Å². The van der Waals surface area contributed by atoms with Crippen LogP contribution < -0.4 is 9.47 Å². The molecule has 0 atom stereocenters. The molecule has 0 fully saturated rings. The van der Waals surface area contributed by atoms with E-state index in [9.17, 15) is 14.7 Å². The average Bonchev–Trinajstić information content (AvgIpc) is 3.19. The number of nitrogens with zero attached hydrogens (tertiary/aromatic N) is 1. The first-order valence-electron chi connectivity index (χ1n) is 23.9. The molecule has 0 saturated carbocycles. The van der Waals surface area contributed by atoms with E-state index in [0.29, 0.717) is 23.7 Å². The van der Waals surface area contributed by atoms with Gasteiger partial charge in [-0.3, -0.25) is 9.59 Å². The van der Waals surface area contributed by atoms with Gasteiger partial charge in [0.2, 0.25) is 5.78 Å². The molecule has 1 aliphatic rings. The third-order valence-electron chi connectivity index (χ3n) is 12.5. The second-order valence-corrected chi connectivity index (χ2v) is 17.7. The molecule has 1 N–H and O–H groups in total. The van der Waals surface area contributed by atoms with Gasteiger partial charge in [-0.15, -0.1) is 0 Å². The van der Waals surface area contributed by atoms with Gasteiger partial charge in [0.25, 0.3) is 0 Å². The minimum absolute atomic E-state index is 0.0261. The van der Waals surface area contributed by atoms with Gasteiger partial charge in [0.1, 0.15) is 30.4 Å². The number of aromatic hydroxyl groups is 1. The Kier molecular flexibility index (Phi) is 24.3. The molecule has 0 bridgehead atoms. The lowest BCUT2D eigenvalue weighted by atomic mass is 9.82. The highest BCUT2D eigenvalue weighted by Crippen LogP contribution is 2.40. The Morgan fingerprint density at radius 1 is 0.509 bits per heavy atom. The van der Waals surface area contributed by atoms with Gasteiger partial charge in [0.15, 0.2) is 5.78 Å². The Morgan fingerprint density at radius 2 is 0.912 bits per heavy atom. The minimum atomic E-state index is -0.378. The molecular weight excluding hydrogens is 707 g/mol. The fourth-order valence-electron chi connectivity index (χ4n) is 8.77. The van der Waals surface area contributed by atoms with Crippen molar-refractivity contribution in [1.82, 2.24) is 0 Å². The molecule has 1 aliphatic carbocycles. The van der Waals surface area contributed by atoms with Crippen LogP contribution in [0.4, 0.5) is 0 Å². The minimum Gasteiger partial charge on any atom is -0.507 e. The number of hydrogen-bond donors (Lipinski definition) is 1. The normalized spacial score (nSPS) is 12.6. The molecule has 0 spiro atoms. The number of likely N-dealkylation sites (N-methyl/N-ethyl adjacent to an activating group) is 1. The van der Waals surface area contributed by atoms with E-state index < -0.39 is 0 Å². The highest BCUT2D eigenvalue weighted by molar-refractivity contribution is 6.30. The topological polar surface area (TPSA) is 72.8 Å². The maximum absolute atomic E-state index is 13.8. The molecule has 0 aliphatic heterocycles. The van der Waals surface area contributed by atoms with Crippen molar-refractivity contribution in [3.63, 3.8) is 0 Å². The first-order valence-corrected chi connectivity index (χ1v) is 23.9. The highest BCUT2D eigenvalue weighted by atomic mass is 16.5. The van der Waals surface area contributed by atoms with Crippen LogP contribution in [-0.2, 0) is 0 Å². The van der Waals surface area contributed by atoms with Gasteiger partial charge >= 0.3 is 0 Å². The standard InChI is InChI=1S/C51H83NO5/c1-6-8-10-12-14-16-18-20-22-24-26-28-30-32-34-52(4,35-33-31-29-27-25-23-21-19-17-15-13-11-9-7-2)36-37-57-47-39-42(3)38-44-49(47)51(55)48-45(50(44)54)40-43(56-5)41-46(48)53/h38-41H,6-37H2,1-5H3/p+1. The summed E-state index contributed by atoms with van der Waals surface area (Å²) >= 11 is 0. The molecule has 0 radical (unpaired) electrons. The summed E-state index contributed by atoms with van der Waals surface area (Å²) in [5, 5.41) is 10.8. The number of ketones is 2. The van der Waals surface area contributed by atoms with Crippen LogP contribution in [0.3, 0.4) is 0 Å². The largest absolute Gasteiger partial charge is 0.507 e. The van der Waals surface area contributed by atoms with Crippen LogP contribution in [0.15, 0.2) is 24.3 Å². The maximum atomic E-state index is 13.8. The quantitative estimate of drug-likeness (QED) is 0.0474. The number of ether oxygens (including phenoxy) is 2. The van der Waals surface area contributed by atoms with E-state index in [0.717, 1.165) is 29.7 Å². The number of fused-ring (bicyclic) bond motifs is 2. The Balaban J connectivity index is 1.48. The fraction of sp³-hybridized carbons (Fsp3) is 0.725. The Bertz CT molecular complexity index is 1400. The number of methoxy groups -OCH3 is 1. The van der Waals surface area contributed by atoms with Crippen LogP contribution in [0.1, 0.15) is 231 Å². The van der Waals surface area contributed by atoms with E-state index in [-0.39, 0.29) is 34.0 Å². The van der Waals surface area contributed by atoms with Gasteiger partial charge < -0.3 is 19.1 Å². The first kappa shape index (κ1) is 48.5. The van der Waals surface area contributed by atoms with Crippen LogP contribution in [0.25, 0.3) is 0 Å². The van der Waals surface area contributed by atoms with Crippen molar-refractivity contribution in [2.75, 3.05) is 40.4 Å². The molecule has 6 nitrogen and oxygen atoms in total. The molecule has 322 valence electrons. The molecule has 0 amide bonds. The number of aryl methyl sites for hydroxylation is 1. The second-order valence-electron chi connectivity index (χ2n) is 17.7. The number of phenols is 1. The Morgan fingerprint density at radius 3 is 1.33 bits per heavy atom. The average molecular weight is 791 g/mol. The monoisotopic (exact) mass is 791 g/mol. The molecular formula is C51H84NO5+. The number of phenolic OH excluding ortho intramolecular Hbond substituents is 1. The summed E-state index contributed by atoms with van der Waals surface area (Å²) in [6, 6.07) is 6.55. The van der Waals surface area contributed by atoms with Crippen molar-refractivity contribution in [3.8, 4) is 17.2 Å². The van der Waals surface area contributed by atoms with Crippen LogP contribution in [0.5, 0.6) is 17.2 Å². The van der Waals surface area contributed by atoms with E-state index in [2.05, 4.69) is 20.9 Å². The summed E-state index contributed by atoms with van der Waals surface area (Å²) in [6.07, 6.45) is 38.2. The predicted molar refractivity (Wildman–Crippen MR) is 240 cm³/mol. The summed E-state index contributed by atoms with van der Waals surface area (Å²) in [4.78, 5) is 27.5. The molecule has 6 heteroatoms. The van der Waals surface area contributed by atoms with Crippen molar-refractivity contribution < 1.29 is 28.7 Å². The number of benzene rings is 2. The molecule has 2 aromatic carbocycles. The third kappa shape index (κ3) is 17.9. The van der Waals surface area contributed by atoms with Gasteiger partial charge in [-0.25, -0.2) is 0 Å². The number of rotatable bonds is 35. The van der Waals surface area contributed by atoms with E-state index in [1.54, 1.807) is 12.1 Å². The molecule has 0 unspecified atom stereocenters. The van der Waals surface area contributed by atoms with Gasteiger partial charge in [0.05, 0.1) is 38.4 Å². The number of hydrogen-bond acceptors (Lipinski definition) is 5. The SMILES string of the molecule is CCCCCCCCCCCCCCCC[N+](C)(CCCCCCCCCCCCCCCC)CCOc1cc(C)cc2c1C(=O)c1c(O)cc(OC)cc1C2=O. The van der Waals surface area contributed by atoms with Crippen LogP contribution in [0, 0.1) is 6.92 Å². The highest BCUT2D eigenvalue weighted by Gasteiger charge is 2.36. The Hall–Kier alpha value is -2.86. The lowest BCUT2D eigenvalue weighted by molar-refractivity contribution is -0.910. The zero-order valence-electron chi connectivity index (χ0n) is 37.5. The summed E-state index contributed by atoms with van der Waals surface area (Å²) in [5.74, 6) is -0.140. The lowest BCUT2D eigenvalue weighted by Gasteiger charge is -2.35. The number of carbonyl (C=O) groups excluding carboxylic acids is 2. The van der Waals surface area contributed by atoms with Crippen LogP contribution in [0.2, 0.25) is 0 Å². The van der Waals surface area contributed by atoms with Gasteiger partial charge in [-0.05, 0) is 56.4 Å². The van der Waals surface area contributed by atoms with E-state index in [1.807, 2.05) is 13.0 Å². The smallest absolute Gasteiger partial charge is 0.201 e. The Labute approximate surface area is 349 Å². The van der Waals surface area contributed by atoms with Crippen molar-refractivity contribution >= 4 is 11.6 Å². The van der Waals surface area contributed by atoms with Crippen molar-refractivity contribution in [1.29, 1.82) is 0 Å². The zero-order valence-corrected chi connectivity index (χ0v) is 37.5. The molecule has 0 saturated heterocycles. The van der Waals surface area contributed by atoms with E-state index in [4.69, 9.17) is 9.47 Å². The fourth-order valence-corrected chi connectivity index (χ4v) is 8.77. The number of quaternary nitrogens is 1. The van der Waals surface area contributed by atoms with Crippen molar-refractivity contribution in [2.45, 2.75) is 201 Å². The van der Waals surface area contributed by atoms with E-state index in [1.165, 1.54) is 193 Å². The number of carbonyl (C=O) groups is 2. The number of unbranched alkanes of at least 4 members (excludes halogenated alkanes) is 26. The lowest BCUT2D eigenvalue weighted by Crippen LogP contribution is -2.48. The zero-order chi connectivity index (χ0) is 41.1. The summed E-state index contributed by atoms with van der Waals surface area (Å²) in [6.45, 7) is 10.1. The summed E-state index contributed by atoms with van der Waals surface area (Å²) in [5.41, 5.74) is 1.65. The predicted octanol–water partition coefficient (Wildman–Crippen LogP) is 14.3. The van der Waals surface area contributed by atoms with Gasteiger partial charge in [-0.2, -0.15) is 0 Å². The van der Waals surface area contributed by atoms with Crippen LogP contribution >= 0.6 is 0 Å². The van der Waals surface area contributed by atoms with Crippen molar-refractivity contribution in [2.24, 2.45) is 0 Å². The molecule has 0 aromatic heterocycles. The molecule has 3 rings (SSSR count). The maximum Gasteiger partial charge on any atom is 0.201 e. The molecule has 2 aromatic rings. The third-order valence-corrected chi connectivity index (χ3v) is 12.5. The first-order chi connectivity index (χ1) is 27.7. The summed E-state index contributed by atoms with van der Waals surface area (Å²) in [7, 11) is 3.86. The van der Waals surface area contributed by atoms with Gasteiger partial charge in [-0.1, -0.05) is 168 Å². The summed E-state index contributed by atoms with van der Waals surface area (Å²) < 4.78 is 12.7. The van der Waals surface area contributed by atoms with Crippen molar-refractivity contribution in [3.05, 3.63) is 52.1 Å². The second kappa shape index (κ2) is 28.5.